The number of likely N-dealkylation sites (N-methyl/N-ethyl adjacent to an activating group) is 1. The van der Waals surface area contributed by atoms with Gasteiger partial charge in [0.05, 0.1) is 20.6 Å². The summed E-state index contributed by atoms with van der Waals surface area (Å²) in [7, 11) is -0.698. The second-order valence-electron chi connectivity index (χ2n) is 6.28. The van der Waals surface area contributed by atoms with Crippen LogP contribution in [0.2, 0.25) is 0 Å². The molecule has 0 aromatic rings. The van der Waals surface area contributed by atoms with Gasteiger partial charge in [0.2, 0.25) is 0 Å². The third-order valence-corrected chi connectivity index (χ3v) is 4.09. The van der Waals surface area contributed by atoms with Crippen LogP contribution in [0.3, 0.4) is 0 Å². The summed E-state index contributed by atoms with van der Waals surface area (Å²) in [6, 6.07) is 0. The van der Waals surface area contributed by atoms with E-state index in [1.807, 2.05) is 14.1 Å². The number of rotatable bonds is 14. The monoisotopic (exact) mass is 338 g/mol. The summed E-state index contributed by atoms with van der Waals surface area (Å²) in [5.74, 6) is 0.304. The Bertz CT molecular complexity index is 357. The third-order valence-electron chi connectivity index (χ3n) is 3.58. The Morgan fingerprint density at radius 2 is 1.73 bits per heavy atom. The van der Waals surface area contributed by atoms with Gasteiger partial charge in [-0.2, -0.15) is 0 Å². The molecule has 132 valence electrons. The van der Waals surface area contributed by atoms with E-state index in [0.717, 1.165) is 38.6 Å². The zero-order valence-corrected chi connectivity index (χ0v) is 14.7. The minimum absolute atomic E-state index is 0.0374. The molecule has 0 saturated heterocycles. The largest absolute Gasteiger partial charge is 0.756 e. The first-order valence-electron chi connectivity index (χ1n) is 7.88. The second kappa shape index (κ2) is 11.3. The number of nitrogens with zero attached hydrogens (tertiary/aromatic N) is 1. The van der Waals surface area contributed by atoms with E-state index >= 15 is 0 Å². The zero-order chi connectivity index (χ0) is 17.1. The van der Waals surface area contributed by atoms with Gasteiger partial charge < -0.3 is 24.5 Å². The summed E-state index contributed by atoms with van der Waals surface area (Å²) in [6.07, 6.45) is 5.90. The Kier molecular flexibility index (Phi) is 11.1. The summed E-state index contributed by atoms with van der Waals surface area (Å²) in [5.41, 5.74) is 5.40. The molecule has 0 aliphatic carbocycles. The van der Waals surface area contributed by atoms with Crippen LogP contribution in [-0.2, 0) is 13.9 Å². The number of carbonyl (C=O) groups is 1. The first kappa shape index (κ1) is 21.7. The number of phosphoric ester groups is 1. The SMILES string of the molecule is C[N+](C)(CCCCC(=O)CCCCCN)CCOP(=O)([O-])O. The van der Waals surface area contributed by atoms with Gasteiger partial charge in [0, 0.05) is 12.8 Å². The Balaban J connectivity index is 3.67. The normalized spacial score (nSPS) is 14.8. The predicted molar refractivity (Wildman–Crippen MR) is 84.0 cm³/mol. The molecule has 0 amide bonds. The van der Waals surface area contributed by atoms with Crippen molar-refractivity contribution in [2.24, 2.45) is 5.73 Å². The lowest BCUT2D eigenvalue weighted by Crippen LogP contribution is -2.43. The van der Waals surface area contributed by atoms with Crippen molar-refractivity contribution in [3.05, 3.63) is 0 Å². The standard InChI is InChI=1S/C14H31N2O5P/c1-16(2,12-13-21-22(18,19)20)11-7-5-9-14(17)8-4-3-6-10-15/h3-13,15H2,1-2H3,(H-,18,19,20). The van der Waals surface area contributed by atoms with E-state index in [9.17, 15) is 14.3 Å². The molecule has 22 heavy (non-hydrogen) atoms. The maximum Gasteiger partial charge on any atom is 0.265 e. The Labute approximate surface area is 133 Å². The average molecular weight is 338 g/mol. The topological polar surface area (TPSA) is 113 Å². The second-order valence-corrected chi connectivity index (χ2v) is 7.48. The number of hydrogen-bond donors (Lipinski definition) is 2. The number of carbonyl (C=O) groups excluding carboxylic acids is 1. The minimum atomic E-state index is -4.63. The molecule has 1 atom stereocenters. The molecule has 0 heterocycles. The Hall–Kier alpha value is -0.300. The van der Waals surface area contributed by atoms with Gasteiger partial charge >= 0.3 is 0 Å². The van der Waals surface area contributed by atoms with Crippen molar-refractivity contribution < 1.29 is 28.2 Å². The molecule has 7 nitrogen and oxygen atoms in total. The van der Waals surface area contributed by atoms with Crippen LogP contribution in [0.1, 0.15) is 44.9 Å². The fraction of sp³-hybridized carbons (Fsp3) is 0.929. The van der Waals surface area contributed by atoms with Crippen LogP contribution in [0.5, 0.6) is 0 Å². The van der Waals surface area contributed by atoms with Crippen molar-refractivity contribution in [2.75, 3.05) is 40.3 Å². The summed E-state index contributed by atoms with van der Waals surface area (Å²) in [4.78, 5) is 30.7. The number of nitrogens with two attached hydrogens (primary N) is 1. The highest BCUT2D eigenvalue weighted by atomic mass is 31.2. The van der Waals surface area contributed by atoms with E-state index in [1.54, 1.807) is 0 Å². The number of Topliss-reactive ketones (excluding diaryl/α,β-unsaturated/α-hetero) is 1. The highest BCUT2D eigenvalue weighted by molar-refractivity contribution is 7.44. The number of hydrogen-bond acceptors (Lipinski definition) is 5. The quantitative estimate of drug-likeness (QED) is 0.275. The van der Waals surface area contributed by atoms with E-state index in [4.69, 9.17) is 10.6 Å². The predicted octanol–water partition coefficient (Wildman–Crippen LogP) is 0.799. The van der Waals surface area contributed by atoms with Gasteiger partial charge in [-0.3, -0.25) is 9.36 Å². The first-order chi connectivity index (χ1) is 10.2. The summed E-state index contributed by atoms with van der Waals surface area (Å²) >= 11 is 0. The summed E-state index contributed by atoms with van der Waals surface area (Å²) in [6.45, 7) is 1.96. The molecule has 0 aromatic carbocycles. The zero-order valence-electron chi connectivity index (χ0n) is 13.8. The lowest BCUT2D eigenvalue weighted by molar-refractivity contribution is -0.890. The molecule has 0 fully saturated rings. The van der Waals surface area contributed by atoms with Gasteiger partial charge in [-0.05, 0) is 32.2 Å². The smallest absolute Gasteiger partial charge is 0.265 e. The van der Waals surface area contributed by atoms with Crippen LogP contribution in [0.15, 0.2) is 0 Å². The Morgan fingerprint density at radius 3 is 2.27 bits per heavy atom. The van der Waals surface area contributed by atoms with E-state index in [2.05, 4.69) is 4.52 Å². The molecule has 0 bridgehead atoms. The van der Waals surface area contributed by atoms with Crippen LogP contribution in [0.4, 0.5) is 0 Å². The van der Waals surface area contributed by atoms with Crippen molar-refractivity contribution in [1.82, 2.24) is 0 Å². The van der Waals surface area contributed by atoms with E-state index < -0.39 is 7.82 Å². The van der Waals surface area contributed by atoms with Gasteiger partial charge in [-0.1, -0.05) is 6.42 Å². The highest BCUT2D eigenvalue weighted by Crippen LogP contribution is 2.29. The highest BCUT2D eigenvalue weighted by Gasteiger charge is 2.16. The molecule has 0 spiro atoms. The lowest BCUT2D eigenvalue weighted by atomic mass is 10.1. The van der Waals surface area contributed by atoms with Crippen molar-refractivity contribution in [3.63, 3.8) is 0 Å². The molecule has 0 rings (SSSR count). The third kappa shape index (κ3) is 14.6. The molecule has 0 aliphatic rings. The van der Waals surface area contributed by atoms with E-state index in [-0.39, 0.29) is 6.61 Å². The van der Waals surface area contributed by atoms with Crippen molar-refractivity contribution in [1.29, 1.82) is 0 Å². The number of phosphoric acid groups is 1. The van der Waals surface area contributed by atoms with Gasteiger partial charge in [-0.15, -0.1) is 0 Å². The molecule has 0 aliphatic heterocycles. The molecule has 1 unspecified atom stereocenters. The number of quaternary nitrogens is 1. The van der Waals surface area contributed by atoms with Crippen LogP contribution in [0.25, 0.3) is 0 Å². The van der Waals surface area contributed by atoms with Crippen LogP contribution < -0.4 is 10.6 Å². The Morgan fingerprint density at radius 1 is 1.14 bits per heavy atom. The molecular formula is C14H31N2O5P. The van der Waals surface area contributed by atoms with Crippen molar-refractivity contribution in [3.8, 4) is 0 Å². The van der Waals surface area contributed by atoms with E-state index in [0.29, 0.717) is 36.2 Å². The minimum Gasteiger partial charge on any atom is -0.756 e. The first-order valence-corrected chi connectivity index (χ1v) is 9.38. The maximum atomic E-state index is 11.7. The van der Waals surface area contributed by atoms with Crippen molar-refractivity contribution in [2.45, 2.75) is 44.9 Å². The fourth-order valence-electron chi connectivity index (χ4n) is 2.15. The van der Waals surface area contributed by atoms with Crippen LogP contribution in [-0.4, -0.2) is 55.5 Å². The molecule has 0 radical (unpaired) electrons. The number of ketones is 1. The summed E-state index contributed by atoms with van der Waals surface area (Å²) in [5, 5.41) is 0. The van der Waals surface area contributed by atoms with Gasteiger partial charge in [-0.25, -0.2) is 0 Å². The fourth-order valence-corrected chi connectivity index (χ4v) is 2.46. The molecule has 8 heteroatoms. The molecule has 0 aromatic heterocycles. The molecular weight excluding hydrogens is 307 g/mol. The van der Waals surface area contributed by atoms with E-state index in [1.165, 1.54) is 0 Å². The molecule has 0 saturated carbocycles. The van der Waals surface area contributed by atoms with Gasteiger partial charge in [0.25, 0.3) is 7.82 Å². The number of unbranched alkanes of at least 4 members (excludes halogenated alkanes) is 3. The van der Waals surface area contributed by atoms with Crippen molar-refractivity contribution >= 4 is 13.6 Å². The van der Waals surface area contributed by atoms with Crippen LogP contribution >= 0.6 is 7.82 Å². The lowest BCUT2D eigenvalue weighted by Gasteiger charge is -2.30. The average Bonchev–Trinajstić information content (AvgIpc) is 2.38. The molecule has 3 N–H and O–H groups in total. The van der Waals surface area contributed by atoms with Gasteiger partial charge in [0.1, 0.15) is 18.9 Å². The summed E-state index contributed by atoms with van der Waals surface area (Å²) < 4.78 is 15.4. The van der Waals surface area contributed by atoms with Crippen LogP contribution in [0, 0.1) is 0 Å². The maximum absolute atomic E-state index is 11.7. The van der Waals surface area contributed by atoms with Gasteiger partial charge in [0.15, 0.2) is 0 Å².